The van der Waals surface area contributed by atoms with E-state index in [4.69, 9.17) is 4.74 Å². The minimum Gasteiger partial charge on any atom is -0.482 e. The summed E-state index contributed by atoms with van der Waals surface area (Å²) in [6.45, 7) is -0.0515. The lowest BCUT2D eigenvalue weighted by Crippen LogP contribution is -2.27. The van der Waals surface area contributed by atoms with Gasteiger partial charge < -0.3 is 14.8 Å². The lowest BCUT2D eigenvalue weighted by molar-refractivity contribution is -0.118. The lowest BCUT2D eigenvalue weighted by Gasteiger charge is -2.20. The second-order valence-corrected chi connectivity index (χ2v) is 4.07. The van der Waals surface area contributed by atoms with Crippen LogP contribution in [0.4, 0.5) is 5.69 Å². The van der Waals surface area contributed by atoms with E-state index in [2.05, 4.69) is 26.0 Å². The third-order valence-corrected chi connectivity index (χ3v) is 2.55. The quantitative estimate of drug-likeness (QED) is 0.796. The fourth-order valence-corrected chi connectivity index (χ4v) is 1.85. The van der Waals surface area contributed by atoms with Crippen LogP contribution in [0.3, 0.4) is 0 Å². The average Bonchev–Trinajstić information content (AvgIpc) is 2.27. The molecule has 0 fully saturated rings. The van der Waals surface area contributed by atoms with Crippen molar-refractivity contribution in [3.63, 3.8) is 0 Å². The molecule has 6 heteroatoms. The molecule has 1 N–H and O–H groups in total. The highest BCUT2D eigenvalue weighted by atomic mass is 79.9. The molecule has 0 unspecified atom stereocenters. The average molecular weight is 286 g/mol. The van der Waals surface area contributed by atoms with Gasteiger partial charge in [0.25, 0.3) is 5.91 Å². The van der Waals surface area contributed by atoms with Gasteiger partial charge in [-0.2, -0.15) is 0 Å². The molecule has 16 heavy (non-hydrogen) atoms. The maximum atomic E-state index is 11.5. The molecule has 1 aromatic rings. The van der Waals surface area contributed by atoms with Crippen LogP contribution in [0.2, 0.25) is 0 Å². The zero-order valence-corrected chi connectivity index (χ0v) is 9.96. The summed E-state index contributed by atoms with van der Waals surface area (Å²) in [5.41, 5.74) is 0.617. The molecule has 0 saturated carbocycles. The number of amides is 1. The Morgan fingerprint density at radius 2 is 2.31 bits per heavy atom. The predicted octanol–water partition coefficient (Wildman–Crippen LogP) is 1.57. The van der Waals surface area contributed by atoms with E-state index in [1.54, 1.807) is 12.1 Å². The third kappa shape index (κ3) is 1.88. The molecule has 0 spiro atoms. The summed E-state index contributed by atoms with van der Waals surface area (Å²) in [6, 6.07) is 3.25. The Morgan fingerprint density at radius 1 is 1.56 bits per heavy atom. The molecule has 1 aliphatic rings. The van der Waals surface area contributed by atoms with Crippen molar-refractivity contribution in [1.82, 2.24) is 0 Å². The fourth-order valence-electron chi connectivity index (χ4n) is 1.41. The highest BCUT2D eigenvalue weighted by Crippen LogP contribution is 2.35. The van der Waals surface area contributed by atoms with Crippen LogP contribution in [0, 0.1) is 0 Å². The lowest BCUT2D eigenvalue weighted by atomic mass is 10.1. The fraction of sp³-hybridized carbons (Fsp3) is 0.200. The molecule has 0 aliphatic carbocycles. The van der Waals surface area contributed by atoms with Crippen molar-refractivity contribution < 1.29 is 19.1 Å². The van der Waals surface area contributed by atoms with Gasteiger partial charge in [-0.3, -0.25) is 4.79 Å². The van der Waals surface area contributed by atoms with Gasteiger partial charge in [-0.05, 0) is 12.1 Å². The zero-order chi connectivity index (χ0) is 11.7. The first kappa shape index (κ1) is 10.9. The molecule has 0 radical (unpaired) electrons. The van der Waals surface area contributed by atoms with Crippen LogP contribution >= 0.6 is 15.9 Å². The summed E-state index contributed by atoms with van der Waals surface area (Å²) >= 11 is 3.25. The SMILES string of the molecule is COC(=O)c1cc(Br)cc2c1NC(=O)CO2. The zero-order valence-electron chi connectivity index (χ0n) is 8.37. The van der Waals surface area contributed by atoms with Crippen LogP contribution in [0.25, 0.3) is 0 Å². The Balaban J connectivity index is 2.55. The smallest absolute Gasteiger partial charge is 0.340 e. The third-order valence-electron chi connectivity index (χ3n) is 2.10. The van der Waals surface area contributed by atoms with Crippen molar-refractivity contribution in [2.45, 2.75) is 0 Å². The van der Waals surface area contributed by atoms with Gasteiger partial charge in [-0.25, -0.2) is 4.79 Å². The van der Waals surface area contributed by atoms with Crippen LogP contribution in [0.1, 0.15) is 10.4 Å². The first-order valence-corrected chi connectivity index (χ1v) is 5.25. The summed E-state index contributed by atoms with van der Waals surface area (Å²) in [7, 11) is 1.28. The second-order valence-electron chi connectivity index (χ2n) is 3.15. The van der Waals surface area contributed by atoms with Crippen LogP contribution in [0.5, 0.6) is 5.75 Å². The van der Waals surface area contributed by atoms with E-state index in [-0.39, 0.29) is 18.1 Å². The Hall–Kier alpha value is -1.56. The summed E-state index contributed by atoms with van der Waals surface area (Å²) in [4.78, 5) is 22.7. The molecule has 5 nitrogen and oxygen atoms in total. The number of esters is 1. The molecule has 2 rings (SSSR count). The minimum absolute atomic E-state index is 0.0515. The number of carbonyl (C=O) groups is 2. The van der Waals surface area contributed by atoms with Gasteiger partial charge in [-0.1, -0.05) is 15.9 Å². The summed E-state index contributed by atoms with van der Waals surface area (Å²) in [6.07, 6.45) is 0. The molecule has 84 valence electrons. The number of anilines is 1. The van der Waals surface area contributed by atoms with Gasteiger partial charge in [0.2, 0.25) is 0 Å². The number of benzene rings is 1. The maximum absolute atomic E-state index is 11.5. The number of ether oxygens (including phenoxy) is 2. The normalized spacial score (nSPS) is 13.5. The largest absolute Gasteiger partial charge is 0.482 e. The molecule has 1 aliphatic heterocycles. The van der Waals surface area contributed by atoms with Crippen LogP contribution in [-0.2, 0) is 9.53 Å². The van der Waals surface area contributed by atoms with Gasteiger partial charge in [0, 0.05) is 4.47 Å². The van der Waals surface area contributed by atoms with Crippen molar-refractivity contribution in [3.05, 3.63) is 22.2 Å². The summed E-state index contributed by atoms with van der Waals surface area (Å²) in [5, 5.41) is 2.59. The van der Waals surface area contributed by atoms with Gasteiger partial charge in [0.1, 0.15) is 5.75 Å². The van der Waals surface area contributed by atoms with Gasteiger partial charge >= 0.3 is 5.97 Å². The standard InChI is InChI=1S/C10H8BrNO4/c1-15-10(14)6-2-5(11)3-7-9(6)12-8(13)4-16-7/h2-3H,4H2,1H3,(H,12,13). The number of rotatable bonds is 1. The number of fused-ring (bicyclic) bond motifs is 1. The molecular weight excluding hydrogens is 278 g/mol. The number of halogens is 1. The molecule has 1 aromatic carbocycles. The number of methoxy groups -OCH3 is 1. The Labute approximate surface area is 99.9 Å². The van der Waals surface area contributed by atoms with Crippen LogP contribution < -0.4 is 10.1 Å². The van der Waals surface area contributed by atoms with E-state index < -0.39 is 5.97 Å². The van der Waals surface area contributed by atoms with Crippen LogP contribution in [0.15, 0.2) is 16.6 Å². The van der Waals surface area contributed by atoms with Crippen molar-refractivity contribution >= 4 is 33.5 Å². The van der Waals surface area contributed by atoms with E-state index >= 15 is 0 Å². The van der Waals surface area contributed by atoms with Crippen molar-refractivity contribution in [3.8, 4) is 5.75 Å². The van der Waals surface area contributed by atoms with E-state index in [1.807, 2.05) is 0 Å². The predicted molar refractivity (Wildman–Crippen MR) is 59.6 cm³/mol. The maximum Gasteiger partial charge on any atom is 0.340 e. The highest BCUT2D eigenvalue weighted by molar-refractivity contribution is 9.10. The molecule has 1 heterocycles. The van der Waals surface area contributed by atoms with Gasteiger partial charge in [-0.15, -0.1) is 0 Å². The number of nitrogens with one attached hydrogen (secondary N) is 1. The van der Waals surface area contributed by atoms with E-state index in [0.717, 1.165) is 0 Å². The first-order chi connectivity index (χ1) is 7.61. The minimum atomic E-state index is -0.525. The monoisotopic (exact) mass is 285 g/mol. The van der Waals surface area contributed by atoms with Crippen molar-refractivity contribution in [2.75, 3.05) is 19.0 Å². The number of carbonyl (C=O) groups excluding carboxylic acids is 2. The van der Waals surface area contributed by atoms with Gasteiger partial charge in [0.15, 0.2) is 6.61 Å². The topological polar surface area (TPSA) is 64.6 Å². The Morgan fingerprint density at radius 3 is 3.00 bits per heavy atom. The van der Waals surface area contributed by atoms with Crippen LogP contribution in [-0.4, -0.2) is 25.6 Å². The molecule has 0 bridgehead atoms. The Bertz CT molecular complexity index is 472. The van der Waals surface area contributed by atoms with E-state index in [0.29, 0.717) is 15.9 Å². The first-order valence-electron chi connectivity index (χ1n) is 4.46. The van der Waals surface area contributed by atoms with Gasteiger partial charge in [0.05, 0.1) is 18.4 Å². The molecular formula is C10H8BrNO4. The Kier molecular flexibility index (Phi) is 2.82. The van der Waals surface area contributed by atoms with E-state index in [9.17, 15) is 9.59 Å². The highest BCUT2D eigenvalue weighted by Gasteiger charge is 2.23. The molecule has 1 amide bonds. The molecule has 0 aromatic heterocycles. The van der Waals surface area contributed by atoms with Crippen molar-refractivity contribution in [1.29, 1.82) is 0 Å². The van der Waals surface area contributed by atoms with E-state index in [1.165, 1.54) is 7.11 Å². The second kappa shape index (κ2) is 4.13. The number of hydrogen-bond donors (Lipinski definition) is 1. The summed E-state index contributed by atoms with van der Waals surface area (Å²) < 4.78 is 10.5. The molecule has 0 saturated heterocycles. The summed E-state index contributed by atoms with van der Waals surface area (Å²) in [5.74, 6) is -0.363. The molecule has 0 atom stereocenters. The number of hydrogen-bond acceptors (Lipinski definition) is 4. The van der Waals surface area contributed by atoms with Crippen molar-refractivity contribution in [2.24, 2.45) is 0 Å².